The van der Waals surface area contributed by atoms with Crippen LogP contribution >= 0.6 is 11.6 Å². The topological polar surface area (TPSA) is 35.2 Å². The monoisotopic (exact) mass is 261 g/mol. The lowest BCUT2D eigenvalue weighted by atomic mass is 10.1. The second-order valence-electron chi connectivity index (χ2n) is 4.12. The fourth-order valence-corrected chi connectivity index (χ4v) is 1.90. The van der Waals surface area contributed by atoms with Crippen molar-refractivity contribution in [2.75, 3.05) is 6.61 Å². The van der Waals surface area contributed by atoms with E-state index >= 15 is 0 Å². The summed E-state index contributed by atoms with van der Waals surface area (Å²) < 4.78 is 5.61. The number of ether oxygens (including phenoxy) is 1. The maximum absolute atomic E-state index is 6.05. The summed E-state index contributed by atoms with van der Waals surface area (Å²) in [5.74, 6) is 0. The molecule has 0 unspecified atom stereocenters. The van der Waals surface area contributed by atoms with E-state index in [0.29, 0.717) is 13.2 Å². The van der Waals surface area contributed by atoms with Crippen LogP contribution in [0.25, 0.3) is 0 Å². The van der Waals surface area contributed by atoms with Crippen molar-refractivity contribution in [3.63, 3.8) is 0 Å². The van der Waals surface area contributed by atoms with Crippen molar-refractivity contribution in [1.29, 1.82) is 0 Å². The average molecular weight is 262 g/mol. The molecule has 0 bridgehead atoms. The van der Waals surface area contributed by atoms with Crippen LogP contribution in [0.2, 0.25) is 5.02 Å². The molecule has 0 heterocycles. The summed E-state index contributed by atoms with van der Waals surface area (Å²) >= 11 is 6.05. The minimum absolute atomic E-state index is 0.103. The van der Waals surface area contributed by atoms with E-state index < -0.39 is 0 Å². The first-order valence-corrected chi connectivity index (χ1v) is 6.27. The first-order chi connectivity index (χ1) is 8.77. The zero-order valence-electron chi connectivity index (χ0n) is 10.1. The minimum atomic E-state index is -0.103. The molecule has 0 amide bonds. The van der Waals surface area contributed by atoms with Crippen LogP contribution in [0.4, 0.5) is 0 Å². The van der Waals surface area contributed by atoms with Crippen molar-refractivity contribution in [2.45, 2.75) is 12.6 Å². The van der Waals surface area contributed by atoms with Gasteiger partial charge >= 0.3 is 0 Å². The van der Waals surface area contributed by atoms with Gasteiger partial charge in [-0.2, -0.15) is 0 Å². The lowest BCUT2D eigenvalue weighted by Crippen LogP contribution is -2.16. The summed E-state index contributed by atoms with van der Waals surface area (Å²) in [5.41, 5.74) is 8.11. The number of benzene rings is 2. The van der Waals surface area contributed by atoms with E-state index in [1.54, 1.807) is 0 Å². The Morgan fingerprint density at radius 3 is 2.39 bits per heavy atom. The Kier molecular flexibility index (Phi) is 4.76. The number of rotatable bonds is 5. The molecule has 0 fully saturated rings. The minimum Gasteiger partial charge on any atom is -0.375 e. The molecule has 0 aromatic heterocycles. The number of nitrogens with two attached hydrogens (primary N) is 1. The molecule has 0 aliphatic carbocycles. The van der Waals surface area contributed by atoms with Crippen LogP contribution in [0.15, 0.2) is 54.6 Å². The Bertz CT molecular complexity index is 487. The van der Waals surface area contributed by atoms with Gasteiger partial charge in [0.05, 0.1) is 19.3 Å². The molecule has 2 aromatic rings. The molecule has 0 aliphatic heterocycles. The van der Waals surface area contributed by atoms with Crippen LogP contribution in [0, 0.1) is 0 Å². The maximum atomic E-state index is 6.05. The summed E-state index contributed by atoms with van der Waals surface area (Å²) in [7, 11) is 0. The highest BCUT2D eigenvalue weighted by Crippen LogP contribution is 2.17. The molecule has 2 nitrogen and oxygen atoms in total. The Morgan fingerprint density at radius 2 is 1.67 bits per heavy atom. The third kappa shape index (κ3) is 3.57. The van der Waals surface area contributed by atoms with Gasteiger partial charge in [-0.1, -0.05) is 60.1 Å². The van der Waals surface area contributed by atoms with Crippen molar-refractivity contribution >= 4 is 11.6 Å². The Morgan fingerprint density at radius 1 is 1.00 bits per heavy atom. The van der Waals surface area contributed by atoms with Crippen LogP contribution in [-0.4, -0.2) is 6.61 Å². The van der Waals surface area contributed by atoms with Crippen molar-refractivity contribution in [2.24, 2.45) is 5.73 Å². The summed E-state index contributed by atoms with van der Waals surface area (Å²) in [4.78, 5) is 0. The Labute approximate surface area is 112 Å². The second kappa shape index (κ2) is 6.55. The fourth-order valence-electron chi connectivity index (χ4n) is 1.71. The summed E-state index contributed by atoms with van der Waals surface area (Å²) in [5, 5.41) is 0.728. The van der Waals surface area contributed by atoms with E-state index in [2.05, 4.69) is 0 Å². The lowest BCUT2D eigenvalue weighted by molar-refractivity contribution is 0.108. The number of halogens is 1. The molecular formula is C15H16ClNO. The number of hydrogen-bond acceptors (Lipinski definition) is 2. The van der Waals surface area contributed by atoms with Crippen molar-refractivity contribution in [1.82, 2.24) is 0 Å². The lowest BCUT2D eigenvalue weighted by Gasteiger charge is -2.13. The maximum Gasteiger partial charge on any atom is 0.0732 e. The highest BCUT2D eigenvalue weighted by atomic mass is 35.5. The first kappa shape index (κ1) is 13.1. The molecule has 94 valence electrons. The normalized spacial score (nSPS) is 12.3. The quantitative estimate of drug-likeness (QED) is 0.893. The van der Waals surface area contributed by atoms with Gasteiger partial charge in [0.2, 0.25) is 0 Å². The van der Waals surface area contributed by atoms with Crippen LogP contribution in [0.3, 0.4) is 0 Å². The molecule has 0 spiro atoms. The van der Waals surface area contributed by atoms with Crippen LogP contribution < -0.4 is 5.73 Å². The molecule has 0 aliphatic rings. The smallest absolute Gasteiger partial charge is 0.0732 e. The predicted octanol–water partition coefficient (Wildman–Crippen LogP) is 3.56. The molecule has 0 saturated heterocycles. The summed E-state index contributed by atoms with van der Waals surface area (Å²) in [6, 6.07) is 17.5. The van der Waals surface area contributed by atoms with E-state index in [-0.39, 0.29) is 6.04 Å². The van der Waals surface area contributed by atoms with E-state index in [0.717, 1.165) is 16.1 Å². The summed E-state index contributed by atoms with van der Waals surface area (Å²) in [6.45, 7) is 0.968. The van der Waals surface area contributed by atoms with E-state index in [1.807, 2.05) is 54.6 Å². The molecule has 1 atom stereocenters. The van der Waals surface area contributed by atoms with Gasteiger partial charge in [0, 0.05) is 5.02 Å². The molecule has 0 saturated carbocycles. The van der Waals surface area contributed by atoms with E-state index in [1.165, 1.54) is 0 Å². The molecule has 0 radical (unpaired) electrons. The zero-order valence-corrected chi connectivity index (χ0v) is 10.8. The van der Waals surface area contributed by atoms with Gasteiger partial charge in [-0.3, -0.25) is 0 Å². The van der Waals surface area contributed by atoms with Crippen LogP contribution in [0.5, 0.6) is 0 Å². The molecule has 2 aromatic carbocycles. The van der Waals surface area contributed by atoms with E-state index in [4.69, 9.17) is 22.1 Å². The van der Waals surface area contributed by atoms with Crippen LogP contribution in [0.1, 0.15) is 17.2 Å². The van der Waals surface area contributed by atoms with Crippen molar-refractivity contribution in [3.05, 3.63) is 70.7 Å². The molecular weight excluding hydrogens is 246 g/mol. The van der Waals surface area contributed by atoms with Gasteiger partial charge in [0.25, 0.3) is 0 Å². The first-order valence-electron chi connectivity index (χ1n) is 5.89. The van der Waals surface area contributed by atoms with Gasteiger partial charge in [0.1, 0.15) is 0 Å². The molecule has 18 heavy (non-hydrogen) atoms. The third-order valence-electron chi connectivity index (χ3n) is 2.74. The van der Waals surface area contributed by atoms with Crippen molar-refractivity contribution in [3.8, 4) is 0 Å². The SMILES string of the molecule is N[C@H](COCc1ccccc1Cl)c1ccccc1. The van der Waals surface area contributed by atoms with Gasteiger partial charge < -0.3 is 10.5 Å². The second-order valence-corrected chi connectivity index (χ2v) is 4.53. The van der Waals surface area contributed by atoms with Gasteiger partial charge in [-0.25, -0.2) is 0 Å². The highest BCUT2D eigenvalue weighted by molar-refractivity contribution is 6.31. The largest absolute Gasteiger partial charge is 0.375 e. The van der Waals surface area contributed by atoms with Gasteiger partial charge in [-0.15, -0.1) is 0 Å². The Balaban J connectivity index is 1.84. The van der Waals surface area contributed by atoms with Crippen molar-refractivity contribution < 1.29 is 4.74 Å². The van der Waals surface area contributed by atoms with E-state index in [9.17, 15) is 0 Å². The molecule has 2 N–H and O–H groups in total. The van der Waals surface area contributed by atoms with Crippen LogP contribution in [-0.2, 0) is 11.3 Å². The molecule has 3 heteroatoms. The molecule has 2 rings (SSSR count). The Hall–Kier alpha value is -1.35. The zero-order chi connectivity index (χ0) is 12.8. The van der Waals surface area contributed by atoms with Gasteiger partial charge in [0.15, 0.2) is 0 Å². The number of hydrogen-bond donors (Lipinski definition) is 1. The predicted molar refractivity (Wildman–Crippen MR) is 74.5 cm³/mol. The standard InChI is InChI=1S/C15H16ClNO/c16-14-9-5-4-8-13(14)10-18-11-15(17)12-6-2-1-3-7-12/h1-9,15H,10-11,17H2/t15-/m1/s1. The fraction of sp³-hybridized carbons (Fsp3) is 0.200. The third-order valence-corrected chi connectivity index (χ3v) is 3.11. The highest BCUT2D eigenvalue weighted by Gasteiger charge is 2.06. The summed E-state index contributed by atoms with van der Waals surface area (Å²) in [6.07, 6.45) is 0. The van der Waals surface area contributed by atoms with Gasteiger partial charge in [-0.05, 0) is 17.2 Å². The average Bonchev–Trinajstić information content (AvgIpc) is 2.42.